The summed E-state index contributed by atoms with van der Waals surface area (Å²) in [5.41, 5.74) is 10.2. The standard InChI is InChI=1S/C19H14N6S.C2H4O2/c20-19-23-5-3-17(25-19)24-13-6-12-9-21-10-15(12)14(8-13)16-7-11-2-1-4-22-18(11)26-16;1-2(3)4/h1-9H,10H2,(H3,20,23,24,25);1H3,(H,3,4). The minimum Gasteiger partial charge on any atom is -0.481 e. The van der Waals surface area contributed by atoms with Crippen LogP contribution in [-0.4, -0.2) is 32.2 Å². The van der Waals surface area contributed by atoms with Gasteiger partial charge in [-0.15, -0.1) is 11.3 Å². The summed E-state index contributed by atoms with van der Waals surface area (Å²) in [4.78, 5) is 28.3. The number of hydrogen-bond acceptors (Lipinski definition) is 8. The van der Waals surface area contributed by atoms with Crippen molar-refractivity contribution in [1.29, 1.82) is 0 Å². The summed E-state index contributed by atoms with van der Waals surface area (Å²) in [5, 5.41) is 11.9. The van der Waals surface area contributed by atoms with Crippen molar-refractivity contribution >= 4 is 51.2 Å². The normalized spacial score (nSPS) is 11.6. The van der Waals surface area contributed by atoms with Crippen LogP contribution < -0.4 is 11.1 Å². The Morgan fingerprint density at radius 1 is 1.20 bits per heavy atom. The second-order valence-corrected chi connectivity index (χ2v) is 7.54. The molecular formula is C21H18N6O2S. The third-order valence-electron chi connectivity index (χ3n) is 4.27. The number of nitrogens with zero attached hydrogens (tertiary/aromatic N) is 4. The summed E-state index contributed by atoms with van der Waals surface area (Å²) in [6, 6.07) is 12.2. The zero-order chi connectivity index (χ0) is 21.1. The van der Waals surface area contributed by atoms with E-state index in [0.717, 1.165) is 28.4 Å². The van der Waals surface area contributed by atoms with Crippen molar-refractivity contribution in [2.75, 3.05) is 11.1 Å². The van der Waals surface area contributed by atoms with Crippen LogP contribution in [0.2, 0.25) is 0 Å². The summed E-state index contributed by atoms with van der Waals surface area (Å²) in [7, 11) is 0. The van der Waals surface area contributed by atoms with Crippen LogP contribution in [0.1, 0.15) is 18.1 Å². The van der Waals surface area contributed by atoms with Crippen molar-refractivity contribution in [3.8, 4) is 10.4 Å². The molecule has 150 valence electrons. The number of nitrogens with two attached hydrogens (primary N) is 1. The molecule has 0 radical (unpaired) electrons. The first-order valence-electron chi connectivity index (χ1n) is 9.06. The zero-order valence-electron chi connectivity index (χ0n) is 16.0. The number of aromatic nitrogens is 3. The average molecular weight is 418 g/mol. The lowest BCUT2D eigenvalue weighted by Gasteiger charge is -2.11. The molecule has 4 aromatic rings. The third-order valence-corrected chi connectivity index (χ3v) is 5.36. The maximum atomic E-state index is 9.00. The summed E-state index contributed by atoms with van der Waals surface area (Å²) in [6.07, 6.45) is 5.38. The molecule has 5 rings (SSSR count). The largest absolute Gasteiger partial charge is 0.481 e. The predicted molar refractivity (Wildman–Crippen MR) is 119 cm³/mol. The molecule has 30 heavy (non-hydrogen) atoms. The molecule has 8 nitrogen and oxygen atoms in total. The van der Waals surface area contributed by atoms with Gasteiger partial charge < -0.3 is 16.2 Å². The lowest BCUT2D eigenvalue weighted by molar-refractivity contribution is -0.134. The zero-order valence-corrected chi connectivity index (χ0v) is 16.8. The van der Waals surface area contributed by atoms with E-state index in [4.69, 9.17) is 15.6 Å². The van der Waals surface area contributed by atoms with Crippen molar-refractivity contribution < 1.29 is 9.90 Å². The number of thiophene rings is 1. The van der Waals surface area contributed by atoms with E-state index in [1.54, 1.807) is 23.6 Å². The number of carboxylic acid groups (broad SMARTS) is 1. The highest BCUT2D eigenvalue weighted by molar-refractivity contribution is 7.21. The monoisotopic (exact) mass is 418 g/mol. The van der Waals surface area contributed by atoms with E-state index in [1.807, 2.05) is 18.5 Å². The fourth-order valence-corrected chi connectivity index (χ4v) is 4.16. The molecule has 0 amide bonds. The second kappa shape index (κ2) is 8.26. The first kappa shape index (κ1) is 19.5. The van der Waals surface area contributed by atoms with Gasteiger partial charge in [-0.2, -0.15) is 4.98 Å². The van der Waals surface area contributed by atoms with Gasteiger partial charge in [0, 0.05) is 47.0 Å². The van der Waals surface area contributed by atoms with Crippen molar-refractivity contribution in [3.05, 3.63) is 59.9 Å². The molecule has 0 unspecified atom stereocenters. The van der Waals surface area contributed by atoms with Gasteiger partial charge in [0.25, 0.3) is 5.97 Å². The Kier molecular flexibility index (Phi) is 5.36. The highest BCUT2D eigenvalue weighted by atomic mass is 32.1. The maximum Gasteiger partial charge on any atom is 0.300 e. The smallest absolute Gasteiger partial charge is 0.300 e. The quantitative estimate of drug-likeness (QED) is 0.457. The van der Waals surface area contributed by atoms with E-state index in [2.05, 4.69) is 49.5 Å². The van der Waals surface area contributed by atoms with Gasteiger partial charge in [-0.3, -0.25) is 9.79 Å². The molecule has 4 N–H and O–H groups in total. The van der Waals surface area contributed by atoms with Crippen LogP contribution in [0.15, 0.2) is 53.8 Å². The van der Waals surface area contributed by atoms with Crippen LogP contribution in [0, 0.1) is 0 Å². The Labute approximate surface area is 176 Å². The molecular weight excluding hydrogens is 400 g/mol. The van der Waals surface area contributed by atoms with Crippen LogP contribution in [0.4, 0.5) is 17.5 Å². The number of anilines is 3. The first-order valence-corrected chi connectivity index (χ1v) is 9.88. The van der Waals surface area contributed by atoms with E-state index in [9.17, 15) is 0 Å². The van der Waals surface area contributed by atoms with Crippen molar-refractivity contribution in [2.45, 2.75) is 13.5 Å². The number of carboxylic acids is 1. The van der Waals surface area contributed by atoms with E-state index in [-0.39, 0.29) is 5.95 Å². The van der Waals surface area contributed by atoms with Crippen molar-refractivity contribution in [1.82, 2.24) is 15.0 Å². The molecule has 0 saturated carbocycles. The lowest BCUT2D eigenvalue weighted by atomic mass is 10.0. The van der Waals surface area contributed by atoms with Crippen LogP contribution in [0.5, 0.6) is 0 Å². The van der Waals surface area contributed by atoms with Gasteiger partial charge in [-0.05, 0) is 41.5 Å². The highest BCUT2D eigenvalue weighted by Gasteiger charge is 2.17. The van der Waals surface area contributed by atoms with Gasteiger partial charge >= 0.3 is 0 Å². The SMILES string of the molecule is CC(=O)O.Nc1nccc(Nc2cc3c(c(-c4cc5cccnc5s4)c2)CN=C3)n1. The first-order chi connectivity index (χ1) is 14.5. The predicted octanol–water partition coefficient (Wildman–Crippen LogP) is 4.10. The third kappa shape index (κ3) is 4.26. The number of hydrogen-bond donors (Lipinski definition) is 3. The molecule has 0 aliphatic carbocycles. The number of pyridine rings is 1. The fourth-order valence-electron chi connectivity index (χ4n) is 3.11. The van der Waals surface area contributed by atoms with E-state index >= 15 is 0 Å². The van der Waals surface area contributed by atoms with Crippen LogP contribution in [-0.2, 0) is 11.3 Å². The second-order valence-electron chi connectivity index (χ2n) is 6.51. The minimum atomic E-state index is -0.833. The van der Waals surface area contributed by atoms with E-state index < -0.39 is 5.97 Å². The molecule has 0 fully saturated rings. The topological polar surface area (TPSA) is 126 Å². The minimum absolute atomic E-state index is 0.244. The van der Waals surface area contributed by atoms with Crippen LogP contribution in [0.25, 0.3) is 20.7 Å². The highest BCUT2D eigenvalue weighted by Crippen LogP contribution is 2.38. The molecule has 0 bridgehead atoms. The Balaban J connectivity index is 0.000000503. The Bertz CT molecular complexity index is 1230. The molecule has 0 saturated heterocycles. The number of nitrogen functional groups attached to an aromatic ring is 1. The fraction of sp³-hybridized carbons (Fsp3) is 0.0952. The number of nitrogens with one attached hydrogen (secondary N) is 1. The molecule has 1 aliphatic heterocycles. The Morgan fingerprint density at radius 3 is 2.80 bits per heavy atom. The van der Waals surface area contributed by atoms with Crippen LogP contribution in [0.3, 0.4) is 0 Å². The lowest BCUT2D eigenvalue weighted by Crippen LogP contribution is -2.00. The summed E-state index contributed by atoms with van der Waals surface area (Å²) < 4.78 is 0. The number of aliphatic imine (C=N–C) groups is 1. The molecule has 0 atom stereocenters. The summed E-state index contributed by atoms with van der Waals surface area (Å²) in [6.45, 7) is 1.78. The Hall–Kier alpha value is -3.85. The van der Waals surface area contributed by atoms with Gasteiger partial charge in [-0.1, -0.05) is 6.07 Å². The van der Waals surface area contributed by atoms with Gasteiger partial charge in [0.1, 0.15) is 10.6 Å². The van der Waals surface area contributed by atoms with Gasteiger partial charge in [-0.25, -0.2) is 9.97 Å². The number of carbonyl (C=O) groups is 1. The molecule has 0 spiro atoms. The summed E-state index contributed by atoms with van der Waals surface area (Å²) >= 11 is 1.69. The van der Waals surface area contributed by atoms with Crippen molar-refractivity contribution in [2.24, 2.45) is 4.99 Å². The van der Waals surface area contributed by atoms with E-state index in [0.29, 0.717) is 12.4 Å². The molecule has 4 heterocycles. The number of benzene rings is 1. The van der Waals surface area contributed by atoms with Gasteiger partial charge in [0.15, 0.2) is 0 Å². The van der Waals surface area contributed by atoms with Gasteiger partial charge in [0.05, 0.1) is 6.54 Å². The molecule has 3 aromatic heterocycles. The van der Waals surface area contributed by atoms with Crippen LogP contribution >= 0.6 is 11.3 Å². The maximum absolute atomic E-state index is 9.00. The molecule has 1 aromatic carbocycles. The molecule has 1 aliphatic rings. The summed E-state index contributed by atoms with van der Waals surface area (Å²) in [5.74, 6) is 0.0740. The van der Waals surface area contributed by atoms with Gasteiger partial charge in [0.2, 0.25) is 5.95 Å². The molecule has 9 heteroatoms. The number of fused-ring (bicyclic) bond motifs is 2. The number of rotatable bonds is 3. The van der Waals surface area contributed by atoms with E-state index in [1.165, 1.54) is 16.0 Å². The Morgan fingerprint density at radius 2 is 2.03 bits per heavy atom. The number of aliphatic carboxylic acids is 1. The van der Waals surface area contributed by atoms with Crippen molar-refractivity contribution in [3.63, 3.8) is 0 Å². The average Bonchev–Trinajstić information content (AvgIpc) is 3.33.